The number of rotatable bonds is 6. The van der Waals surface area contributed by atoms with Crippen molar-refractivity contribution in [3.05, 3.63) is 86.4 Å². The van der Waals surface area contributed by atoms with Crippen LogP contribution in [0, 0.1) is 13.8 Å². The smallest absolute Gasteiger partial charge is 0.278 e. The van der Waals surface area contributed by atoms with Gasteiger partial charge in [-0.25, -0.2) is 14.6 Å². The van der Waals surface area contributed by atoms with E-state index in [0.29, 0.717) is 37.4 Å². The number of anilines is 1. The molecule has 0 spiro atoms. The number of hydrogen-bond donors (Lipinski definition) is 1. The molecule has 2 aromatic heterocycles. The number of carbonyl (C=O) groups excluding carboxylic acids is 1. The van der Waals surface area contributed by atoms with Gasteiger partial charge in [0.1, 0.15) is 0 Å². The van der Waals surface area contributed by atoms with Gasteiger partial charge in [-0.3, -0.25) is 4.79 Å². The van der Waals surface area contributed by atoms with Crippen LogP contribution in [0.2, 0.25) is 15.1 Å². The summed E-state index contributed by atoms with van der Waals surface area (Å²) in [6, 6.07) is 13.9. The fourth-order valence-corrected chi connectivity index (χ4v) is 4.42. The van der Waals surface area contributed by atoms with Gasteiger partial charge in [0.25, 0.3) is 5.91 Å². The zero-order valence-electron chi connectivity index (χ0n) is 17.5. The van der Waals surface area contributed by atoms with E-state index < -0.39 is 5.91 Å². The molecule has 2 heterocycles. The number of halogens is 3. The number of aromatic nitrogens is 5. The monoisotopic (exact) mass is 518 g/mol. The second-order valence-electron chi connectivity index (χ2n) is 7.08. The number of benzene rings is 2. The molecule has 1 N–H and O–H groups in total. The molecule has 0 aliphatic carbocycles. The predicted molar refractivity (Wildman–Crippen MR) is 132 cm³/mol. The molecule has 2 aromatic carbocycles. The van der Waals surface area contributed by atoms with Crippen LogP contribution in [0.4, 0.5) is 5.69 Å². The summed E-state index contributed by atoms with van der Waals surface area (Å²) in [5.74, 6) is -0.0617. The predicted octanol–water partition coefficient (Wildman–Crippen LogP) is 6.18. The Bertz CT molecular complexity index is 1310. The Labute approximate surface area is 209 Å². The summed E-state index contributed by atoms with van der Waals surface area (Å²) < 4.78 is 1.61. The summed E-state index contributed by atoms with van der Waals surface area (Å²) in [5.41, 5.74) is 3.71. The van der Waals surface area contributed by atoms with Crippen LogP contribution in [0.1, 0.15) is 27.6 Å². The summed E-state index contributed by atoms with van der Waals surface area (Å²) in [6.45, 7) is 3.82. The van der Waals surface area contributed by atoms with Crippen LogP contribution in [0.15, 0.2) is 53.7 Å². The lowest BCUT2D eigenvalue weighted by molar-refractivity contribution is 0.102. The fraction of sp³-hybridized carbons (Fsp3) is 0.136. The van der Waals surface area contributed by atoms with Crippen LogP contribution in [0.5, 0.6) is 0 Å². The number of hydrogen-bond acceptors (Lipinski definition) is 6. The summed E-state index contributed by atoms with van der Waals surface area (Å²) in [7, 11) is 0. The summed E-state index contributed by atoms with van der Waals surface area (Å²) in [4.78, 5) is 22.0. The van der Waals surface area contributed by atoms with Gasteiger partial charge in [0, 0.05) is 27.9 Å². The molecule has 0 fully saturated rings. The number of nitrogens with one attached hydrogen (secondary N) is 1. The van der Waals surface area contributed by atoms with Crippen molar-refractivity contribution in [1.29, 1.82) is 0 Å². The van der Waals surface area contributed by atoms with Crippen LogP contribution >= 0.6 is 46.6 Å². The lowest BCUT2D eigenvalue weighted by atomic mass is 10.2. The number of thioether (sulfide) groups is 1. The number of amides is 1. The molecule has 0 bridgehead atoms. The second-order valence-corrected chi connectivity index (χ2v) is 9.27. The van der Waals surface area contributed by atoms with E-state index >= 15 is 0 Å². The molecule has 0 unspecified atom stereocenters. The first-order valence-corrected chi connectivity index (χ1v) is 11.8. The Hall–Kier alpha value is -2.65. The van der Waals surface area contributed by atoms with Crippen LogP contribution in [-0.4, -0.2) is 30.9 Å². The molecule has 33 heavy (non-hydrogen) atoms. The molecule has 4 rings (SSSR count). The minimum Gasteiger partial charge on any atom is -0.320 e. The van der Waals surface area contributed by atoms with Crippen LogP contribution in [0.25, 0.3) is 5.69 Å². The van der Waals surface area contributed by atoms with Gasteiger partial charge in [0.2, 0.25) is 0 Å². The van der Waals surface area contributed by atoms with E-state index in [9.17, 15) is 4.79 Å². The Morgan fingerprint density at radius 2 is 1.67 bits per heavy atom. The van der Waals surface area contributed by atoms with Gasteiger partial charge in [-0.05, 0) is 62.4 Å². The molecule has 168 valence electrons. The molecule has 0 atom stereocenters. The highest BCUT2D eigenvalue weighted by atomic mass is 35.5. The average molecular weight is 520 g/mol. The minimum atomic E-state index is -0.425. The first-order valence-electron chi connectivity index (χ1n) is 9.72. The van der Waals surface area contributed by atoms with Crippen molar-refractivity contribution in [2.24, 2.45) is 0 Å². The molecule has 0 aliphatic rings. The van der Waals surface area contributed by atoms with Gasteiger partial charge >= 0.3 is 0 Å². The van der Waals surface area contributed by atoms with Gasteiger partial charge in [0.15, 0.2) is 10.9 Å². The van der Waals surface area contributed by atoms with Crippen LogP contribution < -0.4 is 5.32 Å². The Kier molecular flexibility index (Phi) is 7.19. The van der Waals surface area contributed by atoms with Crippen LogP contribution in [-0.2, 0) is 5.75 Å². The number of carbonyl (C=O) groups is 1. The molecular formula is C22H17Cl3N6OS. The third-order valence-electron chi connectivity index (χ3n) is 4.53. The van der Waals surface area contributed by atoms with E-state index in [0.717, 1.165) is 17.1 Å². The van der Waals surface area contributed by atoms with Gasteiger partial charge in [-0.2, -0.15) is 0 Å². The average Bonchev–Trinajstić information content (AvgIpc) is 3.19. The third-order valence-corrected chi connectivity index (χ3v) is 6.38. The third kappa shape index (κ3) is 5.65. The van der Waals surface area contributed by atoms with Gasteiger partial charge in [-0.15, -0.1) is 5.10 Å². The lowest BCUT2D eigenvalue weighted by Crippen LogP contribution is -2.15. The largest absolute Gasteiger partial charge is 0.320 e. The summed E-state index contributed by atoms with van der Waals surface area (Å²) in [5, 5.41) is 13.1. The Balaban J connectivity index is 1.67. The highest BCUT2D eigenvalue weighted by molar-refractivity contribution is 7.98. The normalized spacial score (nSPS) is 10.9. The Morgan fingerprint density at radius 1 is 0.970 bits per heavy atom. The second kappa shape index (κ2) is 10.1. The van der Waals surface area contributed by atoms with Crippen molar-refractivity contribution in [3.63, 3.8) is 0 Å². The van der Waals surface area contributed by atoms with Crippen molar-refractivity contribution in [1.82, 2.24) is 25.0 Å². The maximum Gasteiger partial charge on any atom is 0.278 e. The van der Waals surface area contributed by atoms with E-state index in [-0.39, 0.29) is 5.69 Å². The lowest BCUT2D eigenvalue weighted by Gasteiger charge is -2.09. The maximum absolute atomic E-state index is 13.1. The SMILES string of the molecule is Cc1cc(C)nc(SCc2c(C(=O)Nc3ccc(Cl)c(Cl)c3)nnn2-c2ccc(Cl)cc2)n1. The molecule has 0 saturated carbocycles. The molecule has 7 nitrogen and oxygen atoms in total. The van der Waals surface area contributed by atoms with Crippen LogP contribution in [0.3, 0.4) is 0 Å². The molecule has 4 aromatic rings. The zero-order chi connectivity index (χ0) is 23.5. The van der Waals surface area contributed by atoms with Crippen molar-refractivity contribution in [3.8, 4) is 5.69 Å². The van der Waals surface area contributed by atoms with E-state index in [1.165, 1.54) is 11.8 Å². The first-order chi connectivity index (χ1) is 15.8. The minimum absolute atomic E-state index is 0.174. The van der Waals surface area contributed by atoms with Crippen molar-refractivity contribution in [2.45, 2.75) is 24.8 Å². The first kappa shape index (κ1) is 23.5. The molecule has 11 heteroatoms. The van der Waals surface area contributed by atoms with E-state index in [4.69, 9.17) is 34.8 Å². The van der Waals surface area contributed by atoms with Crippen molar-refractivity contribution in [2.75, 3.05) is 5.32 Å². The van der Waals surface area contributed by atoms with Gasteiger partial charge in [0.05, 0.1) is 21.4 Å². The van der Waals surface area contributed by atoms with E-state index in [2.05, 4.69) is 25.6 Å². The Morgan fingerprint density at radius 3 is 2.33 bits per heavy atom. The van der Waals surface area contributed by atoms with Crippen molar-refractivity contribution < 1.29 is 4.79 Å². The van der Waals surface area contributed by atoms with E-state index in [1.54, 1.807) is 47.1 Å². The number of nitrogens with zero attached hydrogens (tertiary/aromatic N) is 5. The van der Waals surface area contributed by atoms with Gasteiger partial charge in [-0.1, -0.05) is 51.8 Å². The molecule has 0 aliphatic heterocycles. The highest BCUT2D eigenvalue weighted by Gasteiger charge is 2.22. The maximum atomic E-state index is 13.1. The summed E-state index contributed by atoms with van der Waals surface area (Å²) >= 11 is 19.5. The molecule has 0 saturated heterocycles. The van der Waals surface area contributed by atoms with Crippen molar-refractivity contribution >= 4 is 58.2 Å². The standard InChI is InChI=1S/C22H17Cl3N6OS/c1-12-9-13(2)27-22(26-12)33-11-19-20(21(32)28-15-5-8-17(24)18(25)10-15)29-30-31(19)16-6-3-14(23)4-7-16/h3-10H,11H2,1-2H3,(H,28,32). The molecular weight excluding hydrogens is 503 g/mol. The zero-order valence-corrected chi connectivity index (χ0v) is 20.6. The van der Waals surface area contributed by atoms with Gasteiger partial charge < -0.3 is 5.32 Å². The molecule has 0 radical (unpaired) electrons. The summed E-state index contributed by atoms with van der Waals surface area (Å²) in [6.07, 6.45) is 0. The number of aryl methyl sites for hydroxylation is 2. The molecule has 1 amide bonds. The quantitative estimate of drug-likeness (QED) is 0.242. The fourth-order valence-electron chi connectivity index (χ4n) is 3.05. The van der Waals surface area contributed by atoms with E-state index in [1.807, 2.05) is 19.9 Å². The topological polar surface area (TPSA) is 85.6 Å². The highest BCUT2D eigenvalue weighted by Crippen LogP contribution is 2.27.